The maximum absolute atomic E-state index is 11.9. The van der Waals surface area contributed by atoms with E-state index in [1.54, 1.807) is 6.92 Å². The minimum atomic E-state index is -0.402. The number of carbonyl (C=O) groups is 1. The topological polar surface area (TPSA) is 52.1 Å². The largest absolute Gasteiger partial charge is 0.461 e. The van der Waals surface area contributed by atoms with Crippen molar-refractivity contribution in [1.82, 2.24) is 9.97 Å². The zero-order chi connectivity index (χ0) is 16.1. The molecule has 1 heterocycles. The van der Waals surface area contributed by atoms with Gasteiger partial charge in [-0.05, 0) is 31.9 Å². The first kappa shape index (κ1) is 15.9. The lowest BCUT2D eigenvalue weighted by molar-refractivity contribution is 0.0518. The molecular formula is C18H20N2O2. The lowest BCUT2D eigenvalue weighted by Gasteiger charge is -2.09. The molecule has 0 bridgehead atoms. The molecule has 0 aliphatic carbocycles. The molecule has 114 valence electrons. The van der Waals surface area contributed by atoms with E-state index in [-0.39, 0.29) is 0 Å². The van der Waals surface area contributed by atoms with Crippen LogP contribution in [0.3, 0.4) is 0 Å². The molecule has 0 aliphatic heterocycles. The van der Waals surface area contributed by atoms with Gasteiger partial charge in [-0.25, -0.2) is 14.8 Å². The van der Waals surface area contributed by atoms with Crippen LogP contribution in [0.5, 0.6) is 0 Å². The fraction of sp³-hybridized carbons (Fsp3) is 0.278. The summed E-state index contributed by atoms with van der Waals surface area (Å²) >= 11 is 0. The van der Waals surface area contributed by atoms with Crippen LogP contribution in [0.1, 0.15) is 46.7 Å². The first-order chi connectivity index (χ1) is 10.5. The number of nitrogens with zero attached hydrogens (tertiary/aromatic N) is 2. The van der Waals surface area contributed by atoms with Crippen molar-refractivity contribution >= 4 is 11.5 Å². The van der Waals surface area contributed by atoms with E-state index in [1.165, 1.54) is 6.33 Å². The molecule has 4 nitrogen and oxygen atoms in total. The molecule has 0 saturated carbocycles. The van der Waals surface area contributed by atoms with Gasteiger partial charge in [-0.2, -0.15) is 0 Å². The van der Waals surface area contributed by atoms with E-state index in [0.29, 0.717) is 18.7 Å². The predicted molar refractivity (Wildman–Crippen MR) is 86.7 cm³/mol. The lowest BCUT2D eigenvalue weighted by Crippen LogP contribution is -2.12. The van der Waals surface area contributed by atoms with E-state index in [2.05, 4.69) is 28.7 Å². The third-order valence-electron chi connectivity index (χ3n) is 3.48. The average molecular weight is 296 g/mol. The van der Waals surface area contributed by atoms with Crippen LogP contribution >= 0.6 is 0 Å². The minimum absolute atomic E-state index is 0.333. The third-order valence-corrected chi connectivity index (χ3v) is 3.48. The van der Waals surface area contributed by atoms with Crippen molar-refractivity contribution in [2.24, 2.45) is 0 Å². The van der Waals surface area contributed by atoms with Crippen molar-refractivity contribution in [3.8, 4) is 0 Å². The number of carbonyl (C=O) groups excluding carboxylic acids is 1. The van der Waals surface area contributed by atoms with E-state index in [1.807, 2.05) is 26.0 Å². The Morgan fingerprint density at radius 3 is 2.50 bits per heavy atom. The minimum Gasteiger partial charge on any atom is -0.461 e. The van der Waals surface area contributed by atoms with Gasteiger partial charge in [0.2, 0.25) is 0 Å². The first-order valence-corrected chi connectivity index (χ1v) is 7.25. The van der Waals surface area contributed by atoms with E-state index >= 15 is 0 Å². The summed E-state index contributed by atoms with van der Waals surface area (Å²) in [5.74, 6) is -0.402. The van der Waals surface area contributed by atoms with Crippen LogP contribution in [0.15, 0.2) is 37.2 Å². The highest BCUT2D eigenvalue weighted by atomic mass is 16.5. The number of hydrogen-bond donors (Lipinski definition) is 0. The highest BCUT2D eigenvalue weighted by molar-refractivity contribution is 5.88. The second-order valence-electron chi connectivity index (χ2n) is 5.17. The summed E-state index contributed by atoms with van der Waals surface area (Å²) in [6.07, 6.45) is 2.06. The summed E-state index contributed by atoms with van der Waals surface area (Å²) in [6, 6.07) is 8.19. The quantitative estimate of drug-likeness (QED) is 0.791. The van der Waals surface area contributed by atoms with E-state index in [0.717, 1.165) is 28.0 Å². The second kappa shape index (κ2) is 6.98. The number of benzene rings is 1. The predicted octanol–water partition coefficient (Wildman–Crippen LogP) is 3.59. The molecule has 0 N–H and O–H groups in total. The molecule has 0 aliphatic rings. The number of rotatable bonds is 5. The molecule has 0 radical (unpaired) electrons. The summed E-state index contributed by atoms with van der Waals surface area (Å²) in [7, 11) is 0. The van der Waals surface area contributed by atoms with Crippen molar-refractivity contribution in [3.63, 3.8) is 0 Å². The average Bonchev–Trinajstić information content (AvgIpc) is 2.50. The molecule has 0 atom stereocenters. The van der Waals surface area contributed by atoms with Crippen LogP contribution in [0, 0.1) is 6.92 Å². The fourth-order valence-electron chi connectivity index (χ4n) is 2.17. The Bertz CT molecular complexity index is 691. The standard InChI is InChI=1S/C18H20N2O2/c1-5-22-18(21)17-13(4)16(19-11-20-17)10-14-6-8-15(9-7-14)12(2)3/h6-9,11H,2,5,10H2,1,3-4H3. The van der Waals surface area contributed by atoms with Crippen molar-refractivity contribution in [2.75, 3.05) is 6.61 Å². The Kier molecular flexibility index (Phi) is 5.04. The summed E-state index contributed by atoms with van der Waals surface area (Å²) in [6.45, 7) is 9.87. The second-order valence-corrected chi connectivity index (χ2v) is 5.17. The molecule has 2 aromatic rings. The van der Waals surface area contributed by atoms with Gasteiger partial charge in [0.1, 0.15) is 6.33 Å². The van der Waals surface area contributed by atoms with E-state index in [9.17, 15) is 4.79 Å². The number of esters is 1. The molecular weight excluding hydrogens is 276 g/mol. The van der Waals surface area contributed by atoms with Gasteiger partial charge in [-0.15, -0.1) is 0 Å². The van der Waals surface area contributed by atoms with Crippen LogP contribution in [-0.2, 0) is 11.2 Å². The molecule has 22 heavy (non-hydrogen) atoms. The van der Waals surface area contributed by atoms with Crippen LogP contribution < -0.4 is 0 Å². The van der Waals surface area contributed by atoms with E-state index in [4.69, 9.17) is 4.74 Å². The van der Waals surface area contributed by atoms with Gasteiger partial charge in [0.25, 0.3) is 0 Å². The van der Waals surface area contributed by atoms with Gasteiger partial charge in [-0.1, -0.05) is 36.4 Å². The van der Waals surface area contributed by atoms with Gasteiger partial charge >= 0.3 is 5.97 Å². The molecule has 0 saturated heterocycles. The first-order valence-electron chi connectivity index (χ1n) is 7.25. The molecule has 0 amide bonds. The molecule has 4 heteroatoms. The van der Waals surface area contributed by atoms with Crippen molar-refractivity contribution < 1.29 is 9.53 Å². The Morgan fingerprint density at radius 1 is 1.23 bits per heavy atom. The van der Waals surface area contributed by atoms with Crippen molar-refractivity contribution in [2.45, 2.75) is 27.2 Å². The lowest BCUT2D eigenvalue weighted by atomic mass is 10.0. The fourth-order valence-corrected chi connectivity index (χ4v) is 2.17. The van der Waals surface area contributed by atoms with Crippen LogP contribution in [0.4, 0.5) is 0 Å². The molecule has 0 unspecified atom stereocenters. The smallest absolute Gasteiger partial charge is 0.357 e. The molecule has 1 aromatic heterocycles. The van der Waals surface area contributed by atoms with Gasteiger partial charge < -0.3 is 4.74 Å². The van der Waals surface area contributed by atoms with Crippen LogP contribution in [0.25, 0.3) is 5.57 Å². The number of allylic oxidation sites excluding steroid dienone is 1. The summed E-state index contributed by atoms with van der Waals surface area (Å²) in [4.78, 5) is 20.2. The summed E-state index contributed by atoms with van der Waals surface area (Å²) in [5.41, 5.74) is 5.22. The monoisotopic (exact) mass is 296 g/mol. The van der Waals surface area contributed by atoms with Crippen LogP contribution in [0.2, 0.25) is 0 Å². The van der Waals surface area contributed by atoms with Crippen LogP contribution in [-0.4, -0.2) is 22.5 Å². The maximum atomic E-state index is 11.9. The highest BCUT2D eigenvalue weighted by Crippen LogP contribution is 2.17. The summed E-state index contributed by atoms with van der Waals surface area (Å²) < 4.78 is 5.02. The normalized spacial score (nSPS) is 10.3. The molecule has 0 fully saturated rings. The SMILES string of the molecule is C=C(C)c1ccc(Cc2ncnc(C(=O)OCC)c2C)cc1. The van der Waals surface area contributed by atoms with Gasteiger partial charge in [-0.3, -0.25) is 0 Å². The zero-order valence-electron chi connectivity index (χ0n) is 13.2. The number of hydrogen-bond acceptors (Lipinski definition) is 4. The highest BCUT2D eigenvalue weighted by Gasteiger charge is 2.15. The number of aromatic nitrogens is 2. The molecule has 1 aromatic carbocycles. The van der Waals surface area contributed by atoms with E-state index < -0.39 is 5.97 Å². The van der Waals surface area contributed by atoms with Gasteiger partial charge in [0.05, 0.1) is 12.3 Å². The summed E-state index contributed by atoms with van der Waals surface area (Å²) in [5, 5.41) is 0. The van der Waals surface area contributed by atoms with Crippen molar-refractivity contribution in [1.29, 1.82) is 0 Å². The Labute approximate surface area is 130 Å². The molecule has 0 spiro atoms. The van der Waals surface area contributed by atoms with Gasteiger partial charge in [0.15, 0.2) is 5.69 Å². The number of ether oxygens (including phenoxy) is 1. The zero-order valence-corrected chi connectivity index (χ0v) is 13.2. The van der Waals surface area contributed by atoms with Gasteiger partial charge in [0, 0.05) is 12.0 Å². The molecule has 2 rings (SSSR count). The Balaban J connectivity index is 2.24. The Hall–Kier alpha value is -2.49. The maximum Gasteiger partial charge on any atom is 0.357 e. The Morgan fingerprint density at radius 2 is 1.91 bits per heavy atom. The van der Waals surface area contributed by atoms with Crippen molar-refractivity contribution in [3.05, 3.63) is 65.2 Å². The third kappa shape index (κ3) is 3.58.